The smallest absolute Gasteiger partial charge is 0.250 e. The number of hydrogen-bond acceptors (Lipinski definition) is 8. The fourth-order valence-corrected chi connectivity index (χ4v) is 4.27. The molecule has 0 saturated carbocycles. The highest BCUT2D eigenvalue weighted by molar-refractivity contribution is 8.14. The molecule has 2 heterocycles. The fourth-order valence-electron chi connectivity index (χ4n) is 3.48. The van der Waals surface area contributed by atoms with Crippen LogP contribution in [0.2, 0.25) is 0 Å². The van der Waals surface area contributed by atoms with Gasteiger partial charge in [0.15, 0.2) is 11.5 Å². The van der Waals surface area contributed by atoms with Crippen molar-refractivity contribution < 1.29 is 14.3 Å². The third kappa shape index (κ3) is 3.80. The maximum Gasteiger partial charge on any atom is 0.250 e. The summed E-state index contributed by atoms with van der Waals surface area (Å²) < 4.78 is 11.1. The van der Waals surface area contributed by atoms with Gasteiger partial charge in [-0.05, 0) is 43.2 Å². The first-order valence-electron chi connectivity index (χ1n) is 9.48. The number of nitrogens with one attached hydrogen (secondary N) is 1. The van der Waals surface area contributed by atoms with Gasteiger partial charge in [-0.15, -0.1) is 5.10 Å². The van der Waals surface area contributed by atoms with Crippen LogP contribution in [0.5, 0.6) is 11.5 Å². The predicted molar refractivity (Wildman–Crippen MR) is 119 cm³/mol. The summed E-state index contributed by atoms with van der Waals surface area (Å²) in [4.78, 5) is 11.5. The van der Waals surface area contributed by atoms with Crippen molar-refractivity contribution in [1.29, 1.82) is 0 Å². The van der Waals surface area contributed by atoms with Crippen molar-refractivity contribution in [3.8, 4) is 11.5 Å². The summed E-state index contributed by atoms with van der Waals surface area (Å²) >= 11 is 1.37. The number of carbonyl (C=O) groups is 1. The van der Waals surface area contributed by atoms with E-state index in [1.807, 2.05) is 41.4 Å². The van der Waals surface area contributed by atoms with Crippen molar-refractivity contribution in [2.45, 2.75) is 19.4 Å². The molecule has 1 amide bonds. The molecule has 0 aliphatic carbocycles. The lowest BCUT2D eigenvalue weighted by molar-refractivity contribution is -0.118. The van der Waals surface area contributed by atoms with Gasteiger partial charge in [0.05, 0.1) is 31.7 Å². The molecule has 30 heavy (non-hydrogen) atoms. The van der Waals surface area contributed by atoms with Gasteiger partial charge in [-0.3, -0.25) is 4.79 Å². The van der Waals surface area contributed by atoms with Crippen LogP contribution in [-0.2, 0) is 11.2 Å². The topological polar surface area (TPSA) is 102 Å². The summed E-state index contributed by atoms with van der Waals surface area (Å²) in [6.45, 7) is 2.08. The van der Waals surface area contributed by atoms with Crippen molar-refractivity contribution in [3.63, 3.8) is 0 Å². The van der Waals surface area contributed by atoms with E-state index in [0.29, 0.717) is 34.5 Å². The maximum absolute atomic E-state index is 11.5. The normalized spacial score (nSPS) is 18.6. The van der Waals surface area contributed by atoms with E-state index in [1.165, 1.54) is 11.8 Å². The monoisotopic (exact) mass is 425 g/mol. The summed E-state index contributed by atoms with van der Waals surface area (Å²) in [7, 11) is 3.24. The second kappa shape index (κ2) is 8.27. The van der Waals surface area contributed by atoms with E-state index in [1.54, 1.807) is 14.2 Å². The average Bonchev–Trinajstić information content (AvgIpc) is 2.89. The fraction of sp³-hybridized carbons (Fsp3) is 0.286. The molecule has 0 spiro atoms. The van der Waals surface area contributed by atoms with Crippen LogP contribution in [0.25, 0.3) is 0 Å². The lowest BCUT2D eigenvalue weighted by atomic mass is 9.94. The second-order valence-electron chi connectivity index (χ2n) is 7.05. The van der Waals surface area contributed by atoms with Gasteiger partial charge in [-0.2, -0.15) is 5.10 Å². The molecule has 8 nitrogen and oxygen atoms in total. The van der Waals surface area contributed by atoms with Gasteiger partial charge < -0.3 is 15.2 Å². The summed E-state index contributed by atoms with van der Waals surface area (Å²) in [6, 6.07) is 11.6. The maximum atomic E-state index is 11.5. The molecular formula is C21H23N5O3S. The number of hydrazone groups is 2. The van der Waals surface area contributed by atoms with Gasteiger partial charge in [0, 0.05) is 16.8 Å². The van der Waals surface area contributed by atoms with Crippen LogP contribution in [0.15, 0.2) is 46.6 Å². The second-order valence-corrected chi connectivity index (χ2v) is 7.99. The Bertz CT molecular complexity index is 1040. The minimum Gasteiger partial charge on any atom is -0.493 e. The number of thioether (sulfide) groups is 1. The highest BCUT2D eigenvalue weighted by Gasteiger charge is 2.29. The summed E-state index contributed by atoms with van der Waals surface area (Å²) in [5, 5.41) is 11.7. The number of methoxy groups -OCH3 is 2. The number of nitrogens with zero attached hydrogens (tertiary/aromatic N) is 3. The zero-order chi connectivity index (χ0) is 21.3. The SMILES string of the molecule is COc1cc2c(cc1OC)C(c1ccc(N)cc1)=NN(C1=NNC(=O)CS1)C(C)C2. The molecule has 1 unspecified atom stereocenters. The number of benzene rings is 2. The zero-order valence-electron chi connectivity index (χ0n) is 17.0. The van der Waals surface area contributed by atoms with Gasteiger partial charge in [0.25, 0.3) is 5.91 Å². The minimum absolute atomic E-state index is 0.00869. The first-order valence-corrected chi connectivity index (χ1v) is 10.5. The third-order valence-electron chi connectivity index (χ3n) is 4.99. The molecule has 156 valence electrons. The van der Waals surface area contributed by atoms with E-state index in [9.17, 15) is 4.79 Å². The van der Waals surface area contributed by atoms with E-state index in [-0.39, 0.29) is 11.9 Å². The van der Waals surface area contributed by atoms with Gasteiger partial charge >= 0.3 is 0 Å². The molecule has 9 heteroatoms. The zero-order valence-corrected chi connectivity index (χ0v) is 17.8. The average molecular weight is 426 g/mol. The Kier molecular flexibility index (Phi) is 5.54. The number of amides is 1. The number of nitrogen functional groups attached to an aromatic ring is 1. The van der Waals surface area contributed by atoms with Crippen molar-refractivity contribution in [3.05, 3.63) is 53.1 Å². The van der Waals surface area contributed by atoms with E-state index in [2.05, 4.69) is 17.5 Å². The van der Waals surface area contributed by atoms with Crippen molar-refractivity contribution >= 4 is 34.2 Å². The Balaban J connectivity index is 1.89. The highest BCUT2D eigenvalue weighted by atomic mass is 32.2. The Morgan fingerprint density at radius 2 is 1.87 bits per heavy atom. The number of hydrogen-bond donors (Lipinski definition) is 2. The van der Waals surface area contributed by atoms with E-state index >= 15 is 0 Å². The Labute approximate surface area is 179 Å². The number of fused-ring (bicyclic) bond motifs is 1. The van der Waals surface area contributed by atoms with Crippen LogP contribution in [0.3, 0.4) is 0 Å². The van der Waals surface area contributed by atoms with Crippen LogP contribution >= 0.6 is 11.8 Å². The van der Waals surface area contributed by atoms with Gasteiger partial charge in [-0.25, -0.2) is 10.4 Å². The van der Waals surface area contributed by atoms with Crippen LogP contribution in [0.4, 0.5) is 5.69 Å². The lowest BCUT2D eigenvalue weighted by Crippen LogP contribution is -2.39. The van der Waals surface area contributed by atoms with Gasteiger partial charge in [-0.1, -0.05) is 23.9 Å². The first-order chi connectivity index (χ1) is 14.5. The first kappa shape index (κ1) is 20.1. The molecule has 2 aliphatic heterocycles. The predicted octanol–water partition coefficient (Wildman–Crippen LogP) is 2.42. The molecule has 0 saturated heterocycles. The minimum atomic E-state index is -0.119. The summed E-state index contributed by atoms with van der Waals surface area (Å²) in [5.74, 6) is 1.50. The third-order valence-corrected chi connectivity index (χ3v) is 5.94. The molecule has 2 aliphatic rings. The van der Waals surface area contributed by atoms with E-state index in [0.717, 1.165) is 22.4 Å². The number of carbonyl (C=O) groups excluding carboxylic acids is 1. The van der Waals surface area contributed by atoms with Gasteiger partial charge in [0.1, 0.15) is 0 Å². The largest absolute Gasteiger partial charge is 0.493 e. The molecule has 2 aromatic rings. The molecular weight excluding hydrogens is 402 g/mol. The van der Waals surface area contributed by atoms with E-state index < -0.39 is 0 Å². The van der Waals surface area contributed by atoms with Crippen molar-refractivity contribution in [2.24, 2.45) is 10.2 Å². The molecule has 0 fully saturated rings. The molecule has 0 radical (unpaired) electrons. The van der Waals surface area contributed by atoms with Crippen molar-refractivity contribution in [2.75, 3.05) is 25.7 Å². The van der Waals surface area contributed by atoms with E-state index in [4.69, 9.17) is 20.3 Å². The lowest BCUT2D eigenvalue weighted by Gasteiger charge is -2.27. The molecule has 1 atom stereocenters. The molecule has 2 aromatic carbocycles. The van der Waals surface area contributed by atoms with Crippen molar-refractivity contribution in [1.82, 2.24) is 10.4 Å². The number of amidine groups is 1. The highest BCUT2D eigenvalue weighted by Crippen LogP contribution is 2.35. The summed E-state index contributed by atoms with van der Waals surface area (Å²) in [6.07, 6.45) is 0.713. The van der Waals surface area contributed by atoms with Crippen LogP contribution < -0.4 is 20.6 Å². The van der Waals surface area contributed by atoms with Crippen LogP contribution in [-0.4, -0.2) is 47.8 Å². The Morgan fingerprint density at radius 3 is 2.50 bits per heavy atom. The molecule has 0 bridgehead atoms. The Morgan fingerprint density at radius 1 is 1.17 bits per heavy atom. The molecule has 4 rings (SSSR count). The molecule has 0 aromatic heterocycles. The number of nitrogens with two attached hydrogens (primary N) is 1. The van der Waals surface area contributed by atoms with Crippen LogP contribution in [0.1, 0.15) is 23.6 Å². The van der Waals surface area contributed by atoms with Crippen LogP contribution in [0, 0.1) is 0 Å². The quantitative estimate of drug-likeness (QED) is 0.733. The Hall–Kier alpha value is -3.20. The van der Waals surface area contributed by atoms with Gasteiger partial charge in [0.2, 0.25) is 5.17 Å². The molecule has 3 N–H and O–H groups in total. The summed E-state index contributed by atoms with van der Waals surface area (Å²) in [5.41, 5.74) is 12.9. The number of rotatable bonds is 3. The standard InChI is InChI=1S/C21H23N5O3S/c1-12-8-14-9-17(28-2)18(29-3)10-16(14)20(13-4-6-15(22)7-5-13)25-26(12)21-24-23-19(27)11-30-21/h4-7,9-10,12H,8,11,22H2,1-3H3,(H,23,27). The number of ether oxygens (including phenoxy) is 2. The number of anilines is 1.